The van der Waals surface area contributed by atoms with Crippen molar-refractivity contribution in [1.29, 1.82) is 0 Å². The molecule has 44 heavy (non-hydrogen) atoms. The van der Waals surface area contributed by atoms with E-state index in [4.69, 9.17) is 9.47 Å². The fourth-order valence-electron chi connectivity index (χ4n) is 6.11. The summed E-state index contributed by atoms with van der Waals surface area (Å²) in [5.74, 6) is -2.09. The van der Waals surface area contributed by atoms with Crippen LogP contribution < -0.4 is 4.90 Å². The van der Waals surface area contributed by atoms with E-state index in [1.54, 1.807) is 29.1 Å². The number of ether oxygens (including phenoxy) is 2. The Morgan fingerprint density at radius 3 is 2.41 bits per heavy atom. The molecule has 0 saturated carbocycles. The van der Waals surface area contributed by atoms with E-state index in [-0.39, 0.29) is 29.3 Å². The standard InChI is InChI=1S/C32H41F2N5O5/c1-32(2,3)44-31(42)39-13-7-9-25(39)29-35-18-24(36-29)20-10-14-38(15-11-20)28-22(33)16-21(17-23(28)34)27(40)19-43-30(41)26-8-5-6-12-37(26)4/h5,8,16-18,20,25-26H,6-7,9-15,19H2,1-4H3,(H,35,36)/t25-,26-/m0/s1. The number of imidazole rings is 1. The predicted octanol–water partition coefficient (Wildman–Crippen LogP) is 5.13. The lowest BCUT2D eigenvalue weighted by atomic mass is 9.93. The number of likely N-dealkylation sites (N-methyl/N-ethyl adjacent to an activating group) is 1. The molecule has 0 aliphatic carbocycles. The lowest BCUT2D eigenvalue weighted by Crippen LogP contribution is -2.41. The maximum absolute atomic E-state index is 15.2. The molecule has 0 unspecified atom stereocenters. The SMILES string of the molecule is CN1CCC=C[C@H]1C(=O)OCC(=O)c1cc(F)c(N2CCC(c3cnc([C@@H]4CCCN4C(=O)OC(C)(C)C)[nH]3)CC2)c(F)c1. The number of hydrogen-bond donors (Lipinski definition) is 1. The van der Waals surface area contributed by atoms with Crippen molar-refractivity contribution in [2.24, 2.45) is 0 Å². The summed E-state index contributed by atoms with van der Waals surface area (Å²) in [5.41, 5.74) is -0.00611. The molecule has 0 bridgehead atoms. The monoisotopic (exact) mass is 613 g/mol. The number of H-pyrrole nitrogens is 1. The van der Waals surface area contributed by atoms with Crippen LogP contribution in [0.5, 0.6) is 0 Å². The fourth-order valence-corrected chi connectivity index (χ4v) is 6.11. The number of piperidine rings is 1. The van der Waals surface area contributed by atoms with Gasteiger partial charge < -0.3 is 19.4 Å². The van der Waals surface area contributed by atoms with Gasteiger partial charge in [0.1, 0.15) is 34.8 Å². The minimum atomic E-state index is -0.833. The molecule has 2 atom stereocenters. The molecule has 1 aromatic carbocycles. The van der Waals surface area contributed by atoms with Gasteiger partial charge in [0.05, 0.1) is 6.04 Å². The first-order chi connectivity index (χ1) is 20.9. The van der Waals surface area contributed by atoms with E-state index in [2.05, 4.69) is 9.97 Å². The number of hydrogen-bond acceptors (Lipinski definition) is 8. The third kappa shape index (κ3) is 7.11. The molecule has 3 aliphatic heterocycles. The molecule has 2 saturated heterocycles. The second-order valence-electron chi connectivity index (χ2n) is 12.8. The second-order valence-corrected chi connectivity index (χ2v) is 12.8. The van der Waals surface area contributed by atoms with Crippen LogP contribution in [-0.2, 0) is 14.3 Å². The van der Waals surface area contributed by atoms with Gasteiger partial charge in [-0.2, -0.15) is 0 Å². The Kier molecular flexibility index (Phi) is 9.38. The van der Waals surface area contributed by atoms with E-state index in [1.165, 1.54) is 0 Å². The van der Waals surface area contributed by atoms with Crippen molar-refractivity contribution in [3.63, 3.8) is 0 Å². The van der Waals surface area contributed by atoms with Gasteiger partial charge in [-0.05, 0) is 72.1 Å². The summed E-state index contributed by atoms with van der Waals surface area (Å²) in [7, 11) is 1.79. The van der Waals surface area contributed by atoms with Gasteiger partial charge in [-0.15, -0.1) is 0 Å². The van der Waals surface area contributed by atoms with Crippen LogP contribution in [0.15, 0.2) is 30.5 Å². The summed E-state index contributed by atoms with van der Waals surface area (Å²) in [5, 5.41) is 0. The molecule has 5 rings (SSSR count). The van der Waals surface area contributed by atoms with Crippen molar-refractivity contribution in [2.45, 2.75) is 76.5 Å². The van der Waals surface area contributed by atoms with Crippen molar-refractivity contribution in [3.05, 3.63) is 59.2 Å². The summed E-state index contributed by atoms with van der Waals surface area (Å²) in [6.07, 6.45) is 8.79. The van der Waals surface area contributed by atoms with Crippen molar-refractivity contribution < 1.29 is 32.6 Å². The van der Waals surface area contributed by atoms with E-state index in [1.807, 2.05) is 31.7 Å². The van der Waals surface area contributed by atoms with E-state index < -0.39 is 41.6 Å². The van der Waals surface area contributed by atoms with Gasteiger partial charge >= 0.3 is 12.1 Å². The molecule has 2 fully saturated rings. The largest absolute Gasteiger partial charge is 0.456 e. The summed E-state index contributed by atoms with van der Waals surface area (Å²) in [4.78, 5) is 50.9. The quantitative estimate of drug-likeness (QED) is 0.260. The molecule has 10 nitrogen and oxygen atoms in total. The van der Waals surface area contributed by atoms with E-state index in [0.717, 1.165) is 42.9 Å². The smallest absolute Gasteiger partial charge is 0.410 e. The fraction of sp³-hybridized carbons (Fsp3) is 0.562. The van der Waals surface area contributed by atoms with Crippen LogP contribution in [-0.4, -0.2) is 89.1 Å². The number of aromatic amines is 1. The minimum Gasteiger partial charge on any atom is -0.456 e. The Morgan fingerprint density at radius 1 is 1.05 bits per heavy atom. The highest BCUT2D eigenvalue weighted by molar-refractivity contribution is 5.98. The molecule has 3 aliphatic rings. The highest BCUT2D eigenvalue weighted by Gasteiger charge is 2.36. The van der Waals surface area contributed by atoms with Gasteiger partial charge in [-0.25, -0.2) is 23.4 Å². The first-order valence-electron chi connectivity index (χ1n) is 15.3. The van der Waals surface area contributed by atoms with E-state index >= 15 is 8.78 Å². The average molecular weight is 614 g/mol. The number of rotatable bonds is 7. The minimum absolute atomic E-state index is 0.114. The Bertz CT molecular complexity index is 1390. The number of likely N-dealkylation sites (tertiary alicyclic amines) is 1. The lowest BCUT2D eigenvalue weighted by Gasteiger charge is -2.33. The number of nitrogens with zero attached hydrogens (tertiary/aromatic N) is 4. The number of carbonyl (C=O) groups is 3. The summed E-state index contributed by atoms with van der Waals surface area (Å²) < 4.78 is 41.1. The molecule has 1 amide bonds. The van der Waals surface area contributed by atoms with Crippen molar-refractivity contribution in [2.75, 3.05) is 44.7 Å². The number of benzene rings is 1. The van der Waals surface area contributed by atoms with Crippen LogP contribution in [0.25, 0.3) is 0 Å². The van der Waals surface area contributed by atoms with Crippen molar-refractivity contribution >= 4 is 23.5 Å². The zero-order valence-corrected chi connectivity index (χ0v) is 25.8. The zero-order chi connectivity index (χ0) is 31.6. The first kappa shape index (κ1) is 31.6. The molecule has 1 N–H and O–H groups in total. The number of carbonyl (C=O) groups excluding carboxylic acids is 3. The van der Waals surface area contributed by atoms with Gasteiger partial charge in [0, 0.05) is 49.6 Å². The molecule has 1 aromatic heterocycles. The summed E-state index contributed by atoms with van der Waals surface area (Å²) >= 11 is 0. The Labute approximate surface area is 256 Å². The normalized spacial score (nSPS) is 21.5. The molecular weight excluding hydrogens is 572 g/mol. The molecule has 0 spiro atoms. The Balaban J connectivity index is 1.17. The molecule has 12 heteroatoms. The maximum Gasteiger partial charge on any atom is 0.410 e. The Morgan fingerprint density at radius 2 is 1.75 bits per heavy atom. The predicted molar refractivity (Wildman–Crippen MR) is 160 cm³/mol. The van der Waals surface area contributed by atoms with E-state index in [9.17, 15) is 14.4 Å². The van der Waals surface area contributed by atoms with Crippen LogP contribution in [0, 0.1) is 11.6 Å². The van der Waals surface area contributed by atoms with Gasteiger partial charge in [-0.1, -0.05) is 12.2 Å². The Hall–Kier alpha value is -3.80. The third-order valence-electron chi connectivity index (χ3n) is 8.43. The number of nitrogens with one attached hydrogen (secondary N) is 1. The number of halogens is 2. The topological polar surface area (TPSA) is 108 Å². The molecule has 2 aromatic rings. The number of aromatic nitrogens is 2. The molecule has 238 valence electrons. The number of amides is 1. The van der Waals surface area contributed by atoms with Crippen molar-refractivity contribution in [1.82, 2.24) is 19.8 Å². The molecular formula is C32H41F2N5O5. The highest BCUT2D eigenvalue weighted by atomic mass is 19.1. The van der Waals surface area contributed by atoms with Crippen molar-refractivity contribution in [3.8, 4) is 0 Å². The maximum atomic E-state index is 15.2. The van der Waals surface area contributed by atoms with Gasteiger partial charge in [0.25, 0.3) is 0 Å². The van der Waals surface area contributed by atoms with Crippen LogP contribution in [0.2, 0.25) is 0 Å². The van der Waals surface area contributed by atoms with Crippen LogP contribution >= 0.6 is 0 Å². The zero-order valence-electron chi connectivity index (χ0n) is 25.8. The number of Topliss-reactive ketones (excluding diaryl/α,β-unsaturated/α-hetero) is 1. The first-order valence-corrected chi connectivity index (χ1v) is 15.3. The van der Waals surface area contributed by atoms with E-state index in [0.29, 0.717) is 39.0 Å². The highest BCUT2D eigenvalue weighted by Crippen LogP contribution is 2.36. The van der Waals surface area contributed by atoms with Crippen LogP contribution in [0.3, 0.4) is 0 Å². The van der Waals surface area contributed by atoms with Crippen LogP contribution in [0.1, 0.15) is 86.7 Å². The second kappa shape index (κ2) is 13.1. The molecule has 0 radical (unpaired) electrons. The number of ketones is 1. The summed E-state index contributed by atoms with van der Waals surface area (Å²) in [6, 6.07) is 1.24. The van der Waals surface area contributed by atoms with Crippen LogP contribution in [0.4, 0.5) is 19.3 Å². The summed E-state index contributed by atoms with van der Waals surface area (Å²) in [6.45, 7) is 7.05. The molecule has 4 heterocycles. The van der Waals surface area contributed by atoms with Gasteiger partial charge in [-0.3, -0.25) is 14.6 Å². The van der Waals surface area contributed by atoms with Gasteiger partial charge in [0.2, 0.25) is 5.78 Å². The van der Waals surface area contributed by atoms with Gasteiger partial charge in [0.15, 0.2) is 6.61 Å². The number of anilines is 1. The average Bonchev–Trinajstić information content (AvgIpc) is 3.65. The lowest BCUT2D eigenvalue weighted by molar-refractivity contribution is -0.146. The third-order valence-corrected chi connectivity index (χ3v) is 8.43. The number of esters is 1.